The molecule has 10 heteroatoms. The summed E-state index contributed by atoms with van der Waals surface area (Å²) in [7, 11) is 0. The summed E-state index contributed by atoms with van der Waals surface area (Å²) in [6.07, 6.45) is 11.7. The SMILES string of the molecule is CCCCC(CC)Cc1ccc(-c2nc3c(-c4ccc(Br)s4)c(F)c(F)c(-c4ccc(Br)s4)c3nc2-c2ccc(CC(CC)CCCC)s2)s1. The fourth-order valence-electron chi connectivity index (χ4n) is 6.59. The minimum absolute atomic E-state index is 0.156. The maximum Gasteiger partial charge on any atom is 0.170 e. The molecule has 0 saturated heterocycles. The number of nitrogens with zero attached hydrogens (tertiary/aromatic N) is 2. The minimum atomic E-state index is -0.899. The summed E-state index contributed by atoms with van der Waals surface area (Å²) in [4.78, 5) is 16.5. The van der Waals surface area contributed by atoms with Crippen molar-refractivity contribution >= 4 is 88.2 Å². The predicted octanol–water partition coefficient (Wildman–Crippen LogP) is 15.9. The Labute approximate surface area is 327 Å². The second-order valence-electron chi connectivity index (χ2n) is 13.0. The van der Waals surface area contributed by atoms with E-state index < -0.39 is 11.6 Å². The van der Waals surface area contributed by atoms with Crippen LogP contribution in [0, 0.1) is 23.5 Å². The minimum Gasteiger partial charge on any atom is -0.242 e. The van der Waals surface area contributed by atoms with Crippen LogP contribution in [0.25, 0.3) is 53.1 Å². The summed E-state index contributed by atoms with van der Waals surface area (Å²) < 4.78 is 34.5. The highest BCUT2D eigenvalue weighted by Gasteiger charge is 2.29. The Hall–Kier alpha value is -1.82. The first-order valence-electron chi connectivity index (χ1n) is 17.7. The van der Waals surface area contributed by atoms with Gasteiger partial charge in [0.15, 0.2) is 11.6 Å². The molecule has 264 valence electrons. The molecule has 0 N–H and O–H groups in total. The van der Waals surface area contributed by atoms with Gasteiger partial charge in [0.1, 0.15) is 22.4 Å². The van der Waals surface area contributed by atoms with Crippen molar-refractivity contribution in [1.29, 1.82) is 0 Å². The molecule has 0 saturated carbocycles. The van der Waals surface area contributed by atoms with Crippen LogP contribution in [0.3, 0.4) is 0 Å². The van der Waals surface area contributed by atoms with Crippen molar-refractivity contribution in [2.24, 2.45) is 11.8 Å². The Balaban J connectivity index is 1.57. The van der Waals surface area contributed by atoms with Crippen LogP contribution in [0.15, 0.2) is 56.1 Å². The van der Waals surface area contributed by atoms with Crippen LogP contribution in [-0.2, 0) is 12.8 Å². The van der Waals surface area contributed by atoms with Gasteiger partial charge in [-0.15, -0.1) is 45.3 Å². The van der Waals surface area contributed by atoms with E-state index in [-0.39, 0.29) is 11.1 Å². The van der Waals surface area contributed by atoms with Gasteiger partial charge in [-0.1, -0.05) is 79.1 Å². The van der Waals surface area contributed by atoms with Crippen molar-refractivity contribution < 1.29 is 8.78 Å². The molecule has 2 unspecified atom stereocenters. The van der Waals surface area contributed by atoms with Crippen LogP contribution in [0.1, 0.15) is 88.8 Å². The molecule has 0 aliphatic heterocycles. The van der Waals surface area contributed by atoms with E-state index in [2.05, 4.69) is 83.8 Å². The molecular formula is C40H42Br2F2N2S4. The second-order valence-corrected chi connectivity index (χ2v) is 20.2. The van der Waals surface area contributed by atoms with Crippen LogP contribution in [0.2, 0.25) is 0 Å². The molecule has 5 aromatic heterocycles. The lowest BCUT2D eigenvalue weighted by Crippen LogP contribution is -2.02. The number of fused-ring (bicyclic) bond motifs is 1. The van der Waals surface area contributed by atoms with Crippen LogP contribution >= 0.6 is 77.2 Å². The van der Waals surface area contributed by atoms with E-state index in [9.17, 15) is 0 Å². The molecule has 50 heavy (non-hydrogen) atoms. The third kappa shape index (κ3) is 8.36. The zero-order valence-electron chi connectivity index (χ0n) is 28.9. The molecule has 0 aliphatic rings. The zero-order chi connectivity index (χ0) is 35.4. The maximum absolute atomic E-state index is 16.4. The number of aromatic nitrogens is 2. The van der Waals surface area contributed by atoms with Crippen molar-refractivity contribution in [3.63, 3.8) is 0 Å². The van der Waals surface area contributed by atoms with E-state index >= 15 is 8.78 Å². The summed E-state index contributed by atoms with van der Waals surface area (Å²) >= 11 is 13.3. The number of unbranched alkanes of at least 4 members (excludes halogenated alkanes) is 2. The largest absolute Gasteiger partial charge is 0.242 e. The van der Waals surface area contributed by atoms with Gasteiger partial charge in [-0.2, -0.15) is 0 Å². The molecule has 0 fully saturated rings. The molecule has 0 amide bonds. The van der Waals surface area contributed by atoms with E-state index in [1.54, 1.807) is 22.7 Å². The monoisotopic (exact) mass is 874 g/mol. The smallest absolute Gasteiger partial charge is 0.170 e. The number of hydrogen-bond acceptors (Lipinski definition) is 6. The van der Waals surface area contributed by atoms with Crippen molar-refractivity contribution in [3.8, 4) is 42.0 Å². The molecule has 2 nitrogen and oxygen atoms in total. The number of hydrogen-bond donors (Lipinski definition) is 0. The third-order valence-electron chi connectivity index (χ3n) is 9.50. The number of benzene rings is 1. The second kappa shape index (κ2) is 17.3. The summed E-state index contributed by atoms with van der Waals surface area (Å²) in [5.74, 6) is -0.527. The van der Waals surface area contributed by atoms with Crippen LogP contribution < -0.4 is 0 Å². The quantitative estimate of drug-likeness (QED) is 0.0968. The van der Waals surface area contributed by atoms with E-state index in [0.29, 0.717) is 32.6 Å². The van der Waals surface area contributed by atoms with Gasteiger partial charge in [-0.05, 0) is 105 Å². The first kappa shape index (κ1) is 37.9. The normalized spacial score (nSPS) is 13.0. The molecule has 0 bridgehead atoms. The number of halogens is 4. The van der Waals surface area contributed by atoms with E-state index in [1.807, 2.05) is 24.3 Å². The van der Waals surface area contributed by atoms with E-state index in [0.717, 1.165) is 54.4 Å². The highest BCUT2D eigenvalue weighted by Crippen LogP contribution is 2.47. The number of rotatable bonds is 16. The van der Waals surface area contributed by atoms with Crippen LogP contribution in [-0.4, -0.2) is 9.97 Å². The summed E-state index contributed by atoms with van der Waals surface area (Å²) in [6.45, 7) is 9.06. The molecule has 6 rings (SSSR count). The van der Waals surface area contributed by atoms with Crippen molar-refractivity contribution in [2.75, 3.05) is 0 Å². The topological polar surface area (TPSA) is 25.8 Å². The average molecular weight is 877 g/mol. The Bertz CT molecular complexity index is 1910. The highest BCUT2D eigenvalue weighted by molar-refractivity contribution is 9.11. The zero-order valence-corrected chi connectivity index (χ0v) is 35.3. The average Bonchev–Trinajstić information content (AvgIpc) is 3.94. The van der Waals surface area contributed by atoms with Gasteiger partial charge in [0.05, 0.1) is 28.5 Å². The van der Waals surface area contributed by atoms with Crippen LogP contribution in [0.4, 0.5) is 8.78 Å². The highest BCUT2D eigenvalue weighted by atomic mass is 79.9. The molecule has 5 heterocycles. The predicted molar refractivity (Wildman–Crippen MR) is 222 cm³/mol. The van der Waals surface area contributed by atoms with Gasteiger partial charge >= 0.3 is 0 Å². The Morgan fingerprint density at radius 3 is 1.30 bits per heavy atom. The first-order valence-corrected chi connectivity index (χ1v) is 22.5. The fraction of sp³-hybridized carbons (Fsp3) is 0.400. The molecule has 1 aromatic carbocycles. The maximum atomic E-state index is 16.4. The molecule has 0 radical (unpaired) electrons. The Kier molecular flexibility index (Phi) is 13.1. The van der Waals surface area contributed by atoms with Gasteiger partial charge in [0.2, 0.25) is 0 Å². The molecule has 0 spiro atoms. The van der Waals surface area contributed by atoms with Crippen LogP contribution in [0.5, 0.6) is 0 Å². The summed E-state index contributed by atoms with van der Waals surface area (Å²) in [6, 6.07) is 16.1. The standard InChI is InChI=1S/C40H42Br2F2N2S4/c1-5-9-11-23(7-3)21-25-13-15-29(47-25)37-38(30-16-14-26(48-30)22-24(8-4)12-10-6-2)46-40-34(28-18-20-32(42)50-28)36(44)35(43)33(39(40)45-37)27-17-19-31(41)49-27/h13-20,23-24H,5-12,21-22H2,1-4H3. The third-order valence-corrected chi connectivity index (χ3v) is 15.0. The lowest BCUT2D eigenvalue weighted by atomic mass is 9.95. The van der Waals surface area contributed by atoms with Crippen molar-refractivity contribution in [1.82, 2.24) is 9.97 Å². The lowest BCUT2D eigenvalue weighted by Gasteiger charge is -2.15. The lowest BCUT2D eigenvalue weighted by molar-refractivity contribution is 0.452. The van der Waals surface area contributed by atoms with Crippen molar-refractivity contribution in [3.05, 3.63) is 77.5 Å². The summed E-state index contributed by atoms with van der Waals surface area (Å²) in [5, 5.41) is 0. The van der Waals surface area contributed by atoms with Crippen molar-refractivity contribution in [2.45, 2.75) is 91.9 Å². The first-order chi connectivity index (χ1) is 24.2. The van der Waals surface area contributed by atoms with Gasteiger partial charge in [0.25, 0.3) is 0 Å². The Morgan fingerprint density at radius 1 is 0.560 bits per heavy atom. The Morgan fingerprint density at radius 2 is 0.960 bits per heavy atom. The van der Waals surface area contributed by atoms with Gasteiger partial charge in [0, 0.05) is 19.5 Å². The van der Waals surface area contributed by atoms with Gasteiger partial charge in [-0.3, -0.25) is 0 Å². The number of thiophene rings is 4. The molecule has 0 aliphatic carbocycles. The van der Waals surface area contributed by atoms with E-state index in [1.165, 1.54) is 71.0 Å². The molecule has 2 atom stereocenters. The summed E-state index contributed by atoms with van der Waals surface area (Å²) in [5.41, 5.74) is 2.52. The van der Waals surface area contributed by atoms with Gasteiger partial charge in [-0.25, -0.2) is 18.7 Å². The fourth-order valence-corrected chi connectivity index (χ4v) is 11.7. The van der Waals surface area contributed by atoms with E-state index in [4.69, 9.17) is 9.97 Å². The molecule has 6 aromatic rings. The van der Waals surface area contributed by atoms with Gasteiger partial charge < -0.3 is 0 Å². The molecular weight excluding hydrogens is 835 g/mol.